The average Bonchev–Trinajstić information content (AvgIpc) is 2.26. The fourth-order valence-corrected chi connectivity index (χ4v) is 1.92. The number of nitrogen functional groups attached to an aromatic ring is 1. The predicted molar refractivity (Wildman–Crippen MR) is 58.9 cm³/mol. The summed E-state index contributed by atoms with van der Waals surface area (Å²) in [7, 11) is 1.40. The minimum Gasteiger partial charge on any atom is -0.452 e. The third-order valence-electron chi connectivity index (χ3n) is 2.62. The molecule has 0 aliphatic carbocycles. The van der Waals surface area contributed by atoms with Crippen molar-refractivity contribution in [1.82, 2.24) is 0 Å². The zero-order valence-corrected chi connectivity index (χ0v) is 8.69. The minimum absolute atomic E-state index is 0.305. The highest BCUT2D eigenvalue weighted by molar-refractivity contribution is 5.89. The second kappa shape index (κ2) is 3.81. The van der Waals surface area contributed by atoms with Gasteiger partial charge in [0.2, 0.25) is 0 Å². The second-order valence-electron chi connectivity index (χ2n) is 3.61. The maximum atomic E-state index is 11.5. The summed E-state index contributed by atoms with van der Waals surface area (Å²) >= 11 is 0. The van der Waals surface area contributed by atoms with E-state index in [9.17, 15) is 4.79 Å². The summed E-state index contributed by atoms with van der Waals surface area (Å²) in [5, 5.41) is 0. The van der Waals surface area contributed by atoms with Crippen LogP contribution in [0.3, 0.4) is 0 Å². The Morgan fingerprint density at radius 3 is 3.07 bits per heavy atom. The van der Waals surface area contributed by atoms with Crippen LogP contribution in [0.5, 0.6) is 0 Å². The molecule has 0 radical (unpaired) electrons. The first-order valence-electron chi connectivity index (χ1n) is 4.96. The van der Waals surface area contributed by atoms with Crippen LogP contribution in [-0.4, -0.2) is 19.7 Å². The zero-order chi connectivity index (χ0) is 10.8. The molecule has 0 aromatic heterocycles. The van der Waals surface area contributed by atoms with E-state index < -0.39 is 0 Å². The van der Waals surface area contributed by atoms with Crippen LogP contribution in [0.1, 0.15) is 12.0 Å². The number of nitrogens with zero attached hydrogens (tertiary/aromatic N) is 1. The van der Waals surface area contributed by atoms with E-state index >= 15 is 0 Å². The molecule has 2 N–H and O–H groups in total. The van der Waals surface area contributed by atoms with E-state index in [0.29, 0.717) is 6.54 Å². The minimum atomic E-state index is -0.305. The van der Waals surface area contributed by atoms with Crippen molar-refractivity contribution in [2.45, 2.75) is 12.8 Å². The van der Waals surface area contributed by atoms with Crippen LogP contribution in [0.2, 0.25) is 0 Å². The first kappa shape index (κ1) is 9.83. The molecule has 0 fully saturated rings. The van der Waals surface area contributed by atoms with Crippen LogP contribution in [0.25, 0.3) is 0 Å². The number of carbonyl (C=O) groups excluding carboxylic acids is 1. The van der Waals surface area contributed by atoms with Crippen LogP contribution in [0.4, 0.5) is 16.2 Å². The lowest BCUT2D eigenvalue weighted by Crippen LogP contribution is -2.35. The molecular weight excluding hydrogens is 192 g/mol. The molecular formula is C11H14N2O2. The monoisotopic (exact) mass is 206 g/mol. The molecule has 1 heterocycles. The average molecular weight is 206 g/mol. The molecule has 0 atom stereocenters. The summed E-state index contributed by atoms with van der Waals surface area (Å²) in [4.78, 5) is 13.1. The van der Waals surface area contributed by atoms with Crippen molar-refractivity contribution >= 4 is 17.5 Å². The highest BCUT2D eigenvalue weighted by atomic mass is 16.5. The standard InChI is InChI=1S/C11H14N2O2/c1-15-11(14)13-6-2-3-8-7-9(12)4-5-10(8)13/h4-5,7H,2-3,6,12H2,1H3. The molecule has 0 saturated heterocycles. The Morgan fingerprint density at radius 1 is 1.53 bits per heavy atom. The van der Waals surface area contributed by atoms with Gasteiger partial charge >= 0.3 is 6.09 Å². The van der Waals surface area contributed by atoms with Crippen LogP contribution in [0.15, 0.2) is 18.2 Å². The van der Waals surface area contributed by atoms with E-state index in [1.807, 2.05) is 12.1 Å². The fraction of sp³-hybridized carbons (Fsp3) is 0.364. The Balaban J connectivity index is 2.38. The number of hydrogen-bond acceptors (Lipinski definition) is 3. The predicted octanol–water partition coefficient (Wildman–Crippen LogP) is 1.79. The van der Waals surface area contributed by atoms with Gasteiger partial charge in [-0.05, 0) is 36.6 Å². The number of amides is 1. The number of nitrogens with two attached hydrogens (primary N) is 1. The van der Waals surface area contributed by atoms with Crippen molar-refractivity contribution in [2.24, 2.45) is 0 Å². The first-order chi connectivity index (χ1) is 7.22. The number of anilines is 2. The van der Waals surface area contributed by atoms with Crippen molar-refractivity contribution in [3.05, 3.63) is 23.8 Å². The third-order valence-corrected chi connectivity index (χ3v) is 2.62. The Hall–Kier alpha value is -1.71. The van der Waals surface area contributed by atoms with Gasteiger partial charge in [-0.25, -0.2) is 4.79 Å². The van der Waals surface area contributed by atoms with E-state index in [4.69, 9.17) is 10.5 Å². The summed E-state index contributed by atoms with van der Waals surface area (Å²) < 4.78 is 4.73. The van der Waals surface area contributed by atoms with Gasteiger partial charge < -0.3 is 10.5 Å². The normalized spacial score (nSPS) is 14.6. The van der Waals surface area contributed by atoms with E-state index in [1.54, 1.807) is 11.0 Å². The van der Waals surface area contributed by atoms with E-state index in [-0.39, 0.29) is 6.09 Å². The molecule has 1 aliphatic rings. The van der Waals surface area contributed by atoms with Gasteiger partial charge in [-0.15, -0.1) is 0 Å². The highest BCUT2D eigenvalue weighted by Gasteiger charge is 2.22. The molecule has 0 saturated carbocycles. The van der Waals surface area contributed by atoms with Crippen molar-refractivity contribution in [3.8, 4) is 0 Å². The van der Waals surface area contributed by atoms with E-state index in [1.165, 1.54) is 7.11 Å². The number of fused-ring (bicyclic) bond motifs is 1. The molecule has 1 aromatic carbocycles. The molecule has 0 spiro atoms. The summed E-state index contributed by atoms with van der Waals surface area (Å²) in [6, 6.07) is 5.60. The number of benzene rings is 1. The van der Waals surface area contributed by atoms with Gasteiger partial charge in [0.1, 0.15) is 0 Å². The Morgan fingerprint density at radius 2 is 2.33 bits per heavy atom. The Kier molecular flexibility index (Phi) is 2.49. The third kappa shape index (κ3) is 1.75. The topological polar surface area (TPSA) is 55.6 Å². The van der Waals surface area contributed by atoms with Crippen molar-refractivity contribution in [2.75, 3.05) is 24.3 Å². The largest absolute Gasteiger partial charge is 0.452 e. The molecule has 1 aliphatic heterocycles. The van der Waals surface area contributed by atoms with Gasteiger partial charge in [0.05, 0.1) is 12.8 Å². The molecule has 4 heteroatoms. The number of methoxy groups -OCH3 is 1. The summed E-state index contributed by atoms with van der Waals surface area (Å²) in [6.45, 7) is 0.712. The van der Waals surface area contributed by atoms with Crippen LogP contribution < -0.4 is 10.6 Å². The summed E-state index contributed by atoms with van der Waals surface area (Å²) in [6.07, 6.45) is 1.61. The Labute approximate surface area is 88.6 Å². The van der Waals surface area contributed by atoms with Gasteiger partial charge in [0.25, 0.3) is 0 Å². The number of carbonyl (C=O) groups is 1. The molecule has 1 amide bonds. The number of hydrogen-bond donors (Lipinski definition) is 1. The molecule has 80 valence electrons. The van der Waals surface area contributed by atoms with Crippen LogP contribution >= 0.6 is 0 Å². The summed E-state index contributed by atoms with van der Waals surface area (Å²) in [5.74, 6) is 0. The van der Waals surface area contributed by atoms with E-state index in [2.05, 4.69) is 0 Å². The lowest BCUT2D eigenvalue weighted by Gasteiger charge is -2.28. The maximum absolute atomic E-state index is 11.5. The quantitative estimate of drug-likeness (QED) is 0.658. The van der Waals surface area contributed by atoms with Gasteiger partial charge in [-0.2, -0.15) is 0 Å². The van der Waals surface area contributed by atoms with Gasteiger partial charge in [-0.3, -0.25) is 4.90 Å². The van der Waals surface area contributed by atoms with Gasteiger partial charge in [0.15, 0.2) is 0 Å². The maximum Gasteiger partial charge on any atom is 0.414 e. The fourth-order valence-electron chi connectivity index (χ4n) is 1.92. The second-order valence-corrected chi connectivity index (χ2v) is 3.61. The molecule has 0 bridgehead atoms. The number of ether oxygens (including phenoxy) is 1. The van der Waals surface area contributed by atoms with Crippen molar-refractivity contribution in [3.63, 3.8) is 0 Å². The number of aryl methyl sites for hydroxylation is 1. The lowest BCUT2D eigenvalue weighted by atomic mass is 10.0. The lowest BCUT2D eigenvalue weighted by molar-refractivity contribution is 0.178. The first-order valence-corrected chi connectivity index (χ1v) is 4.96. The molecule has 0 unspecified atom stereocenters. The van der Waals surface area contributed by atoms with Crippen molar-refractivity contribution < 1.29 is 9.53 Å². The molecule has 15 heavy (non-hydrogen) atoms. The van der Waals surface area contributed by atoms with Crippen LogP contribution in [-0.2, 0) is 11.2 Å². The molecule has 4 nitrogen and oxygen atoms in total. The molecule has 2 rings (SSSR count). The molecule has 1 aromatic rings. The summed E-state index contributed by atoms with van der Waals surface area (Å²) in [5.41, 5.74) is 8.47. The van der Waals surface area contributed by atoms with Crippen LogP contribution in [0, 0.1) is 0 Å². The van der Waals surface area contributed by atoms with Gasteiger partial charge in [0, 0.05) is 12.2 Å². The van der Waals surface area contributed by atoms with Gasteiger partial charge in [-0.1, -0.05) is 0 Å². The number of rotatable bonds is 0. The Bertz CT molecular complexity index is 390. The van der Waals surface area contributed by atoms with Crippen molar-refractivity contribution in [1.29, 1.82) is 0 Å². The zero-order valence-electron chi connectivity index (χ0n) is 8.69. The smallest absolute Gasteiger partial charge is 0.414 e. The van der Waals surface area contributed by atoms with E-state index in [0.717, 1.165) is 29.8 Å². The SMILES string of the molecule is COC(=O)N1CCCc2cc(N)ccc21. The highest BCUT2D eigenvalue weighted by Crippen LogP contribution is 2.29.